The van der Waals surface area contributed by atoms with E-state index in [0.29, 0.717) is 31.9 Å². The number of carboxylic acid groups (broad SMARTS) is 1. The molecule has 7 heteroatoms. The number of aliphatic carboxylic acids is 1. The fourth-order valence-electron chi connectivity index (χ4n) is 1.65. The van der Waals surface area contributed by atoms with E-state index in [1.165, 1.54) is 12.1 Å². The van der Waals surface area contributed by atoms with E-state index in [1.54, 1.807) is 12.1 Å². The lowest BCUT2D eigenvalue weighted by Gasteiger charge is -2.08. The molecule has 1 rings (SSSR count). The zero-order valence-corrected chi connectivity index (χ0v) is 12.3. The van der Waals surface area contributed by atoms with E-state index in [4.69, 9.17) is 9.84 Å². The molecule has 0 saturated heterocycles. The fourth-order valence-corrected chi connectivity index (χ4v) is 1.65. The maximum absolute atomic E-state index is 12.7. The molecular formula is C15H21FN2O4. The second-order valence-electron chi connectivity index (χ2n) is 4.69. The van der Waals surface area contributed by atoms with Crippen molar-refractivity contribution < 1.29 is 23.8 Å². The van der Waals surface area contributed by atoms with Crippen LogP contribution in [0.1, 0.15) is 25.7 Å². The van der Waals surface area contributed by atoms with E-state index in [2.05, 4.69) is 10.6 Å². The van der Waals surface area contributed by atoms with Gasteiger partial charge in [0.05, 0.1) is 6.61 Å². The number of hydrogen-bond acceptors (Lipinski definition) is 3. The summed E-state index contributed by atoms with van der Waals surface area (Å²) in [6.45, 7) is 1.34. The summed E-state index contributed by atoms with van der Waals surface area (Å²) in [5, 5.41) is 13.7. The predicted molar refractivity (Wildman–Crippen MR) is 79.4 cm³/mol. The van der Waals surface area contributed by atoms with Crippen molar-refractivity contribution >= 4 is 12.0 Å². The van der Waals surface area contributed by atoms with Crippen LogP contribution in [0.25, 0.3) is 0 Å². The van der Waals surface area contributed by atoms with E-state index < -0.39 is 5.97 Å². The molecule has 0 aliphatic heterocycles. The number of carboxylic acids is 1. The maximum Gasteiger partial charge on any atom is 0.314 e. The van der Waals surface area contributed by atoms with E-state index >= 15 is 0 Å². The highest BCUT2D eigenvalue weighted by atomic mass is 19.1. The van der Waals surface area contributed by atoms with Crippen molar-refractivity contribution in [2.24, 2.45) is 0 Å². The Morgan fingerprint density at radius 2 is 1.68 bits per heavy atom. The third kappa shape index (κ3) is 8.78. The molecule has 0 fully saturated rings. The highest BCUT2D eigenvalue weighted by molar-refractivity contribution is 5.73. The minimum atomic E-state index is -0.872. The largest absolute Gasteiger partial charge is 0.494 e. The molecule has 0 heterocycles. The summed E-state index contributed by atoms with van der Waals surface area (Å²) in [6.07, 6.45) is 1.97. The molecule has 122 valence electrons. The smallest absolute Gasteiger partial charge is 0.314 e. The lowest BCUT2D eigenvalue weighted by atomic mass is 10.3. The molecule has 0 aliphatic carbocycles. The van der Waals surface area contributed by atoms with Crippen molar-refractivity contribution in [3.63, 3.8) is 0 Å². The second-order valence-corrected chi connectivity index (χ2v) is 4.69. The second kappa shape index (κ2) is 10.4. The van der Waals surface area contributed by atoms with Crippen LogP contribution in [0.15, 0.2) is 24.3 Å². The van der Waals surface area contributed by atoms with E-state index in [1.807, 2.05) is 0 Å². The fraction of sp³-hybridized carbons (Fsp3) is 0.467. The van der Waals surface area contributed by atoms with Crippen molar-refractivity contribution in [1.29, 1.82) is 0 Å². The average molecular weight is 312 g/mol. The number of amides is 2. The van der Waals surface area contributed by atoms with Gasteiger partial charge in [0.1, 0.15) is 11.6 Å². The highest BCUT2D eigenvalue weighted by Crippen LogP contribution is 2.11. The molecule has 0 aromatic heterocycles. The molecule has 0 atom stereocenters. The summed E-state index contributed by atoms with van der Waals surface area (Å²) in [7, 11) is 0. The van der Waals surface area contributed by atoms with Gasteiger partial charge in [-0.2, -0.15) is 0 Å². The number of nitrogens with one attached hydrogen (secondary N) is 2. The standard InChI is InChI=1S/C15H21FN2O4/c16-12-5-7-13(8-6-12)22-11-2-1-9-17-15(21)18-10-3-4-14(19)20/h5-8H,1-4,9-11H2,(H,19,20)(H2,17,18,21). The van der Waals surface area contributed by atoms with Gasteiger partial charge in [0.2, 0.25) is 0 Å². The number of ether oxygens (including phenoxy) is 1. The monoisotopic (exact) mass is 312 g/mol. The van der Waals surface area contributed by atoms with Crippen LogP contribution >= 0.6 is 0 Å². The third-order valence-corrected chi connectivity index (χ3v) is 2.79. The van der Waals surface area contributed by atoms with Gasteiger partial charge in [-0.05, 0) is 43.5 Å². The molecule has 1 aromatic rings. The van der Waals surface area contributed by atoms with Gasteiger partial charge in [-0.1, -0.05) is 0 Å². The van der Waals surface area contributed by atoms with Crippen LogP contribution in [0.4, 0.5) is 9.18 Å². The molecule has 0 spiro atoms. The van der Waals surface area contributed by atoms with E-state index in [0.717, 1.165) is 12.8 Å². The Morgan fingerprint density at radius 3 is 2.32 bits per heavy atom. The maximum atomic E-state index is 12.7. The van der Waals surface area contributed by atoms with Crippen LogP contribution in [0, 0.1) is 5.82 Å². The summed E-state index contributed by atoms with van der Waals surface area (Å²) >= 11 is 0. The number of urea groups is 1. The number of unbranched alkanes of at least 4 members (excludes halogenated alkanes) is 1. The van der Waals surface area contributed by atoms with Gasteiger partial charge in [0, 0.05) is 19.5 Å². The molecule has 0 aliphatic rings. The third-order valence-electron chi connectivity index (χ3n) is 2.79. The Bertz CT molecular complexity index is 465. The molecule has 3 N–H and O–H groups in total. The summed E-state index contributed by atoms with van der Waals surface area (Å²) < 4.78 is 18.1. The number of hydrogen-bond donors (Lipinski definition) is 3. The molecule has 0 saturated carbocycles. The number of carbonyl (C=O) groups excluding carboxylic acids is 1. The first kappa shape index (κ1) is 17.7. The molecule has 1 aromatic carbocycles. The predicted octanol–water partition coefficient (Wildman–Crippen LogP) is 2.15. The first-order valence-electron chi connectivity index (χ1n) is 7.20. The van der Waals surface area contributed by atoms with Crippen molar-refractivity contribution in [2.45, 2.75) is 25.7 Å². The zero-order chi connectivity index (χ0) is 16.2. The first-order valence-corrected chi connectivity index (χ1v) is 7.20. The van der Waals surface area contributed by atoms with Crippen molar-refractivity contribution in [1.82, 2.24) is 10.6 Å². The minimum Gasteiger partial charge on any atom is -0.494 e. The van der Waals surface area contributed by atoms with Crippen LogP contribution in [0.2, 0.25) is 0 Å². The topological polar surface area (TPSA) is 87.7 Å². The van der Waals surface area contributed by atoms with Crippen LogP contribution < -0.4 is 15.4 Å². The van der Waals surface area contributed by atoms with Crippen LogP contribution in [-0.2, 0) is 4.79 Å². The molecule has 0 radical (unpaired) electrons. The Balaban J connectivity index is 1.95. The average Bonchev–Trinajstić information content (AvgIpc) is 2.49. The van der Waals surface area contributed by atoms with E-state index in [9.17, 15) is 14.0 Å². The van der Waals surface area contributed by atoms with Crippen LogP contribution in [0.3, 0.4) is 0 Å². The van der Waals surface area contributed by atoms with Gasteiger partial charge >= 0.3 is 12.0 Å². The summed E-state index contributed by atoms with van der Waals surface area (Å²) in [6, 6.07) is 5.51. The van der Waals surface area contributed by atoms with Crippen LogP contribution in [0.5, 0.6) is 5.75 Å². The molecule has 0 bridgehead atoms. The number of halogens is 1. The van der Waals surface area contributed by atoms with Crippen molar-refractivity contribution in [3.8, 4) is 5.75 Å². The Morgan fingerprint density at radius 1 is 1.05 bits per heavy atom. The van der Waals surface area contributed by atoms with Crippen LogP contribution in [-0.4, -0.2) is 36.8 Å². The lowest BCUT2D eigenvalue weighted by Crippen LogP contribution is -2.36. The summed E-state index contributed by atoms with van der Waals surface area (Å²) in [5.41, 5.74) is 0. The van der Waals surface area contributed by atoms with Gasteiger partial charge in [0.25, 0.3) is 0 Å². The highest BCUT2D eigenvalue weighted by Gasteiger charge is 2.01. The molecule has 0 unspecified atom stereocenters. The minimum absolute atomic E-state index is 0.0427. The summed E-state index contributed by atoms with van der Waals surface area (Å²) in [4.78, 5) is 21.6. The molecular weight excluding hydrogens is 291 g/mol. The Hall–Kier alpha value is -2.31. The quantitative estimate of drug-likeness (QED) is 0.578. The van der Waals surface area contributed by atoms with E-state index in [-0.39, 0.29) is 18.3 Å². The van der Waals surface area contributed by atoms with Gasteiger partial charge in [-0.25, -0.2) is 9.18 Å². The van der Waals surface area contributed by atoms with Crippen molar-refractivity contribution in [2.75, 3.05) is 19.7 Å². The number of rotatable bonds is 10. The molecule has 2 amide bonds. The van der Waals surface area contributed by atoms with Gasteiger partial charge in [-0.3, -0.25) is 4.79 Å². The Labute approximate surface area is 128 Å². The van der Waals surface area contributed by atoms with Crippen molar-refractivity contribution in [3.05, 3.63) is 30.1 Å². The lowest BCUT2D eigenvalue weighted by molar-refractivity contribution is -0.137. The summed E-state index contributed by atoms with van der Waals surface area (Å²) in [5.74, 6) is -0.556. The number of benzene rings is 1. The molecule has 6 nitrogen and oxygen atoms in total. The van der Waals surface area contributed by atoms with Gasteiger partial charge in [-0.15, -0.1) is 0 Å². The molecule has 22 heavy (non-hydrogen) atoms. The first-order chi connectivity index (χ1) is 10.6. The number of carbonyl (C=O) groups is 2. The van der Waals surface area contributed by atoms with Gasteiger partial charge in [0.15, 0.2) is 0 Å². The van der Waals surface area contributed by atoms with Gasteiger partial charge < -0.3 is 20.5 Å². The SMILES string of the molecule is O=C(O)CCCNC(=O)NCCCCOc1ccc(F)cc1. The normalized spacial score (nSPS) is 10.0. The Kier molecular flexibility index (Phi) is 8.40. The zero-order valence-electron chi connectivity index (χ0n) is 12.3.